The molecule has 35 heavy (non-hydrogen) atoms. The molecule has 5 rings (SSSR count). The Morgan fingerprint density at radius 2 is 1.94 bits per heavy atom. The zero-order valence-electron chi connectivity index (χ0n) is 20.5. The fourth-order valence-corrected chi connectivity index (χ4v) is 5.11. The molecule has 0 bridgehead atoms. The van der Waals surface area contributed by atoms with E-state index in [2.05, 4.69) is 53.2 Å². The average molecular weight is 490 g/mol. The summed E-state index contributed by atoms with van der Waals surface area (Å²) >= 11 is 6.41. The molecule has 0 amide bonds. The lowest BCUT2D eigenvalue weighted by molar-refractivity contribution is 0.143. The molecule has 0 fully saturated rings. The lowest BCUT2D eigenvalue weighted by atomic mass is 9.83. The molecule has 9 heteroatoms. The van der Waals surface area contributed by atoms with Gasteiger partial charge in [-0.15, -0.1) is 0 Å². The highest BCUT2D eigenvalue weighted by atomic mass is 35.5. The summed E-state index contributed by atoms with van der Waals surface area (Å²) in [7, 11) is 3.79. The molecule has 0 saturated carbocycles. The number of aryl methyl sites for hydroxylation is 2. The first-order valence-electron chi connectivity index (χ1n) is 11.5. The van der Waals surface area contributed by atoms with Gasteiger partial charge in [-0.05, 0) is 69.1 Å². The standard InChI is InChI=1S/C26H28ClN7O/c1-15-7-6-8-20(27)21(15)34-22(28)18-14-29-24(31-23(18)33(5)25(34)35)30-17-9-10-19-16(13-17)11-12-32(4)26(19,2)3/h6-10,13-14,28H,11-12H2,1-5H3,(H,29,30,31). The van der Waals surface area contributed by atoms with Gasteiger partial charge in [0, 0.05) is 31.0 Å². The molecule has 2 N–H and O–H groups in total. The molecule has 2 aromatic heterocycles. The van der Waals surface area contributed by atoms with Gasteiger partial charge < -0.3 is 5.32 Å². The Hall–Kier alpha value is -3.49. The third-order valence-electron chi connectivity index (χ3n) is 7.15. The Balaban J connectivity index is 1.57. The van der Waals surface area contributed by atoms with Crippen LogP contribution in [-0.4, -0.2) is 37.6 Å². The van der Waals surface area contributed by atoms with E-state index in [0.29, 0.717) is 27.7 Å². The average Bonchev–Trinajstić information content (AvgIpc) is 2.82. The van der Waals surface area contributed by atoms with Crippen LogP contribution in [0.25, 0.3) is 16.7 Å². The molecule has 0 radical (unpaired) electrons. The summed E-state index contributed by atoms with van der Waals surface area (Å²) in [5.74, 6) is 0.366. The first kappa shape index (κ1) is 23.3. The Morgan fingerprint density at radius 1 is 1.17 bits per heavy atom. The summed E-state index contributed by atoms with van der Waals surface area (Å²) in [6.07, 6.45) is 2.55. The minimum Gasteiger partial charge on any atom is -0.324 e. The second kappa shape index (κ2) is 8.32. The van der Waals surface area contributed by atoms with Crippen molar-refractivity contribution in [1.82, 2.24) is 24.0 Å². The molecule has 180 valence electrons. The summed E-state index contributed by atoms with van der Waals surface area (Å²) in [5, 5.41) is 12.9. The van der Waals surface area contributed by atoms with Gasteiger partial charge in [-0.2, -0.15) is 4.98 Å². The van der Waals surface area contributed by atoms with E-state index in [0.717, 1.165) is 24.2 Å². The summed E-state index contributed by atoms with van der Waals surface area (Å²) in [4.78, 5) is 24.7. The zero-order chi connectivity index (χ0) is 25.1. The number of halogens is 1. The maximum absolute atomic E-state index is 13.3. The van der Waals surface area contributed by atoms with Crippen LogP contribution >= 0.6 is 11.6 Å². The minimum absolute atomic E-state index is 0.00835. The number of benzene rings is 2. The number of nitrogens with one attached hydrogen (secondary N) is 2. The van der Waals surface area contributed by atoms with Gasteiger partial charge in [0.15, 0.2) is 5.65 Å². The number of para-hydroxylation sites is 1. The van der Waals surface area contributed by atoms with Crippen molar-refractivity contribution in [3.8, 4) is 5.69 Å². The molecule has 3 heterocycles. The van der Waals surface area contributed by atoms with Gasteiger partial charge in [-0.1, -0.05) is 29.8 Å². The molecule has 0 saturated heterocycles. The second-order valence-electron chi connectivity index (χ2n) is 9.59. The van der Waals surface area contributed by atoms with Crippen molar-refractivity contribution in [2.24, 2.45) is 7.05 Å². The smallest absolute Gasteiger partial charge is 0.324 e. The van der Waals surface area contributed by atoms with E-state index < -0.39 is 5.69 Å². The van der Waals surface area contributed by atoms with Gasteiger partial charge in [0.1, 0.15) is 5.49 Å². The highest BCUT2D eigenvalue weighted by molar-refractivity contribution is 6.32. The Labute approximate surface area is 208 Å². The van der Waals surface area contributed by atoms with Crippen molar-refractivity contribution < 1.29 is 0 Å². The molecule has 0 spiro atoms. The number of fused-ring (bicyclic) bond motifs is 2. The van der Waals surface area contributed by atoms with Crippen LogP contribution in [0, 0.1) is 12.3 Å². The summed E-state index contributed by atoms with van der Waals surface area (Å²) in [6, 6.07) is 11.7. The fraction of sp³-hybridized carbons (Fsp3) is 0.308. The molecule has 2 aromatic carbocycles. The lowest BCUT2D eigenvalue weighted by Gasteiger charge is -2.41. The molecule has 1 aliphatic heterocycles. The fourth-order valence-electron chi connectivity index (χ4n) is 4.80. The van der Waals surface area contributed by atoms with Gasteiger partial charge in [0.25, 0.3) is 0 Å². The van der Waals surface area contributed by atoms with E-state index >= 15 is 0 Å². The van der Waals surface area contributed by atoms with E-state index in [1.165, 1.54) is 20.3 Å². The lowest BCUT2D eigenvalue weighted by Crippen LogP contribution is -2.43. The molecule has 0 atom stereocenters. The van der Waals surface area contributed by atoms with Crippen molar-refractivity contribution >= 4 is 34.3 Å². The number of hydrogen-bond acceptors (Lipinski definition) is 6. The highest BCUT2D eigenvalue weighted by Gasteiger charge is 2.31. The molecule has 0 aliphatic carbocycles. The van der Waals surface area contributed by atoms with E-state index in [-0.39, 0.29) is 11.0 Å². The van der Waals surface area contributed by atoms with Crippen molar-refractivity contribution in [1.29, 1.82) is 5.41 Å². The highest BCUT2D eigenvalue weighted by Crippen LogP contribution is 2.35. The first-order valence-corrected chi connectivity index (χ1v) is 11.9. The monoisotopic (exact) mass is 489 g/mol. The second-order valence-corrected chi connectivity index (χ2v) is 10.00. The van der Waals surface area contributed by atoms with Crippen LogP contribution in [0.3, 0.4) is 0 Å². The molecule has 0 unspecified atom stereocenters. The first-order chi connectivity index (χ1) is 16.6. The van der Waals surface area contributed by atoms with Crippen LogP contribution in [0.15, 0.2) is 47.4 Å². The van der Waals surface area contributed by atoms with E-state index in [4.69, 9.17) is 17.0 Å². The number of aromatic nitrogens is 4. The van der Waals surface area contributed by atoms with Gasteiger partial charge in [0.05, 0.1) is 16.1 Å². The number of anilines is 2. The molecular formula is C26H28ClN7O. The summed E-state index contributed by atoms with van der Waals surface area (Å²) in [6.45, 7) is 7.33. The van der Waals surface area contributed by atoms with Crippen LogP contribution in [0.5, 0.6) is 0 Å². The maximum atomic E-state index is 13.3. The topological polar surface area (TPSA) is 91.8 Å². The normalized spacial score (nSPS) is 15.3. The SMILES string of the molecule is Cc1cccc(Cl)c1-n1c(=N)c2cnc(Nc3ccc4c(c3)CCN(C)C4(C)C)nc2n(C)c1=O. The number of likely N-dealkylation sites (N-methyl/N-ethyl adjacent to an activating group) is 1. The summed E-state index contributed by atoms with van der Waals surface area (Å²) in [5.41, 5.74) is 4.74. The van der Waals surface area contributed by atoms with Gasteiger partial charge in [-0.25, -0.2) is 14.3 Å². The molecular weight excluding hydrogens is 462 g/mol. The van der Waals surface area contributed by atoms with Crippen LogP contribution in [0.2, 0.25) is 5.02 Å². The number of nitrogens with zero attached hydrogens (tertiary/aromatic N) is 5. The van der Waals surface area contributed by atoms with Crippen LogP contribution < -0.4 is 16.5 Å². The predicted molar refractivity (Wildman–Crippen MR) is 139 cm³/mol. The molecule has 4 aromatic rings. The van der Waals surface area contributed by atoms with Crippen molar-refractivity contribution in [3.05, 3.63) is 80.3 Å². The van der Waals surface area contributed by atoms with Crippen LogP contribution in [-0.2, 0) is 19.0 Å². The predicted octanol–water partition coefficient (Wildman–Crippen LogP) is 4.03. The quantitative estimate of drug-likeness (QED) is 0.453. The zero-order valence-corrected chi connectivity index (χ0v) is 21.2. The van der Waals surface area contributed by atoms with Gasteiger partial charge in [-0.3, -0.25) is 14.9 Å². The Morgan fingerprint density at radius 3 is 2.69 bits per heavy atom. The van der Waals surface area contributed by atoms with Crippen LogP contribution in [0.1, 0.15) is 30.5 Å². The third kappa shape index (κ3) is 3.73. The van der Waals surface area contributed by atoms with E-state index in [1.807, 2.05) is 25.1 Å². The Kier molecular flexibility index (Phi) is 5.53. The third-order valence-corrected chi connectivity index (χ3v) is 7.45. The van der Waals surface area contributed by atoms with Gasteiger partial charge in [0.2, 0.25) is 5.95 Å². The van der Waals surface area contributed by atoms with Crippen molar-refractivity contribution in [2.75, 3.05) is 18.9 Å². The minimum atomic E-state index is -0.400. The van der Waals surface area contributed by atoms with E-state index in [9.17, 15) is 4.79 Å². The van der Waals surface area contributed by atoms with Crippen molar-refractivity contribution in [2.45, 2.75) is 32.7 Å². The largest absolute Gasteiger partial charge is 0.335 e. The van der Waals surface area contributed by atoms with Gasteiger partial charge >= 0.3 is 5.69 Å². The van der Waals surface area contributed by atoms with Crippen molar-refractivity contribution in [3.63, 3.8) is 0 Å². The number of rotatable bonds is 3. The number of hydrogen-bond donors (Lipinski definition) is 2. The molecule has 1 aliphatic rings. The summed E-state index contributed by atoms with van der Waals surface area (Å²) < 4.78 is 2.73. The maximum Gasteiger partial charge on any atom is 0.335 e. The molecule has 8 nitrogen and oxygen atoms in total. The van der Waals surface area contributed by atoms with Crippen LogP contribution in [0.4, 0.5) is 11.6 Å². The Bertz CT molecular complexity index is 1580. The van der Waals surface area contributed by atoms with E-state index in [1.54, 1.807) is 19.3 Å².